The first-order valence-corrected chi connectivity index (χ1v) is 8.55. The van der Waals surface area contributed by atoms with E-state index in [2.05, 4.69) is 6.92 Å². The molecule has 0 aliphatic rings. The number of carbonyl (C=O) groups is 1. The minimum Gasteiger partial charge on any atom is -1.00 e. The fraction of sp³-hybridized carbons (Fsp3) is 0.929. The average Bonchev–Trinajstić information content (AvgIpc) is 2.35. The van der Waals surface area contributed by atoms with Crippen LogP contribution in [-0.2, 0) is 9.53 Å². The molecule has 0 aliphatic heterocycles. The smallest absolute Gasteiger partial charge is 1.00 e. The van der Waals surface area contributed by atoms with Gasteiger partial charge >= 0.3 is 35.5 Å². The summed E-state index contributed by atoms with van der Waals surface area (Å²) in [5, 5.41) is 0. The number of unbranched alkanes of at least 4 members (excludes halogenated alkanes) is 9. The van der Waals surface area contributed by atoms with E-state index in [1.165, 1.54) is 57.8 Å². The van der Waals surface area contributed by atoms with E-state index in [4.69, 9.17) is 4.74 Å². The first-order valence-electron chi connectivity index (χ1n) is 7.02. The van der Waals surface area contributed by atoms with Crippen molar-refractivity contribution >= 4 is 28.6 Å². The van der Waals surface area contributed by atoms with Crippen LogP contribution in [0.5, 0.6) is 0 Å². The van der Waals surface area contributed by atoms with Crippen LogP contribution in [0.15, 0.2) is 0 Å². The van der Waals surface area contributed by atoms with Gasteiger partial charge in [-0.25, -0.2) is 0 Å². The number of hydrogen-bond acceptors (Lipinski definition) is 2. The molecule has 0 heterocycles. The number of rotatable bonds is 12. The standard InChI is InChI=1S/C14H27IO2.Na.H/c1-2-3-4-5-6-7-8-9-10-11-12-17-14(16)13-15;;/h2-13H2,1H3;;/q;+1;-1. The molecule has 0 aliphatic carbocycles. The van der Waals surface area contributed by atoms with Gasteiger partial charge in [-0.15, -0.1) is 0 Å². The molecule has 2 nitrogen and oxygen atoms in total. The summed E-state index contributed by atoms with van der Waals surface area (Å²) in [4.78, 5) is 10.8. The van der Waals surface area contributed by atoms with Crippen LogP contribution in [0, 0.1) is 0 Å². The Kier molecular flexibility index (Phi) is 21.7. The zero-order valence-electron chi connectivity index (χ0n) is 13.2. The third-order valence-electron chi connectivity index (χ3n) is 2.87. The van der Waals surface area contributed by atoms with E-state index in [-0.39, 0.29) is 37.0 Å². The Morgan fingerprint density at radius 1 is 0.944 bits per heavy atom. The number of halogens is 1. The number of carbonyl (C=O) groups excluding carboxylic acids is 1. The van der Waals surface area contributed by atoms with Crippen molar-refractivity contribution in [3.8, 4) is 0 Å². The van der Waals surface area contributed by atoms with Crippen molar-refractivity contribution in [3.63, 3.8) is 0 Å². The van der Waals surface area contributed by atoms with Crippen LogP contribution in [0.1, 0.15) is 72.6 Å². The van der Waals surface area contributed by atoms with Crippen LogP contribution in [0.25, 0.3) is 0 Å². The minimum atomic E-state index is -0.0819. The normalized spacial score (nSPS) is 9.89. The molecular weight excluding hydrogens is 350 g/mol. The number of alkyl halides is 1. The molecule has 4 heteroatoms. The number of ether oxygens (including phenoxy) is 1. The molecule has 0 unspecified atom stereocenters. The van der Waals surface area contributed by atoms with E-state index in [1.54, 1.807) is 0 Å². The van der Waals surface area contributed by atoms with Crippen LogP contribution >= 0.6 is 22.6 Å². The van der Waals surface area contributed by atoms with E-state index in [9.17, 15) is 4.79 Å². The molecule has 104 valence electrons. The van der Waals surface area contributed by atoms with E-state index >= 15 is 0 Å². The molecule has 0 aromatic carbocycles. The molecule has 18 heavy (non-hydrogen) atoms. The van der Waals surface area contributed by atoms with Crippen LogP contribution in [0.4, 0.5) is 0 Å². The molecular formula is C14H28INaO2. The Hall–Kier alpha value is 1.20. The summed E-state index contributed by atoms with van der Waals surface area (Å²) in [6.07, 6.45) is 13.1. The van der Waals surface area contributed by atoms with Crippen LogP contribution in [0.3, 0.4) is 0 Å². The molecule has 0 radical (unpaired) electrons. The van der Waals surface area contributed by atoms with Crippen molar-refractivity contribution in [3.05, 3.63) is 0 Å². The predicted octanol–water partition coefficient (Wildman–Crippen LogP) is 2.00. The molecule has 0 aromatic rings. The van der Waals surface area contributed by atoms with E-state index in [0.717, 1.165) is 6.42 Å². The number of hydrogen-bond donors (Lipinski definition) is 0. The quantitative estimate of drug-likeness (QED) is 0.171. The van der Waals surface area contributed by atoms with Gasteiger partial charge in [0.2, 0.25) is 0 Å². The Labute approximate surface area is 150 Å². The maximum absolute atomic E-state index is 10.8. The van der Waals surface area contributed by atoms with Crippen LogP contribution < -0.4 is 29.6 Å². The Morgan fingerprint density at radius 2 is 1.39 bits per heavy atom. The first-order chi connectivity index (χ1) is 8.31. The van der Waals surface area contributed by atoms with Gasteiger partial charge in [0, 0.05) is 0 Å². The van der Waals surface area contributed by atoms with Crippen LogP contribution in [0.2, 0.25) is 0 Å². The SMILES string of the molecule is CCCCCCCCCCCCOC(=O)CI.[H-].[Na+]. The van der Waals surface area contributed by atoms with Gasteiger partial charge in [-0.3, -0.25) is 4.79 Å². The Bertz CT molecular complexity index is 183. The molecule has 0 fully saturated rings. The van der Waals surface area contributed by atoms with E-state index in [1.807, 2.05) is 22.6 Å². The van der Waals surface area contributed by atoms with Crippen molar-refractivity contribution in [2.24, 2.45) is 0 Å². The molecule has 0 saturated heterocycles. The van der Waals surface area contributed by atoms with Gasteiger partial charge < -0.3 is 6.16 Å². The fourth-order valence-corrected chi connectivity index (χ4v) is 2.03. The Balaban J connectivity index is -0.00000128. The monoisotopic (exact) mass is 378 g/mol. The zero-order chi connectivity index (χ0) is 12.8. The maximum atomic E-state index is 10.8. The summed E-state index contributed by atoms with van der Waals surface area (Å²) >= 11 is 2.03. The average molecular weight is 378 g/mol. The summed E-state index contributed by atoms with van der Waals surface area (Å²) < 4.78 is 5.48. The van der Waals surface area contributed by atoms with Crippen molar-refractivity contribution in [1.82, 2.24) is 0 Å². The van der Waals surface area contributed by atoms with Crippen molar-refractivity contribution < 1.29 is 40.5 Å². The van der Waals surface area contributed by atoms with E-state index in [0.29, 0.717) is 11.0 Å². The summed E-state index contributed by atoms with van der Waals surface area (Å²) in [5.41, 5.74) is 0. The topological polar surface area (TPSA) is 26.3 Å². The van der Waals surface area contributed by atoms with Gasteiger partial charge in [0.1, 0.15) is 0 Å². The molecule has 0 amide bonds. The fourth-order valence-electron chi connectivity index (χ4n) is 1.81. The van der Waals surface area contributed by atoms with Gasteiger partial charge in [0.05, 0.1) is 11.0 Å². The van der Waals surface area contributed by atoms with Crippen LogP contribution in [-0.4, -0.2) is 17.0 Å². The second kappa shape index (κ2) is 18.2. The molecule has 0 bridgehead atoms. The van der Waals surface area contributed by atoms with Gasteiger partial charge in [-0.05, 0) is 6.42 Å². The first kappa shape index (κ1) is 21.5. The zero-order valence-corrected chi connectivity index (χ0v) is 16.3. The Morgan fingerprint density at radius 3 is 1.83 bits per heavy atom. The van der Waals surface area contributed by atoms with Crippen molar-refractivity contribution in [2.45, 2.75) is 71.1 Å². The largest absolute Gasteiger partial charge is 1.00 e. The molecule has 0 N–H and O–H groups in total. The van der Waals surface area contributed by atoms with Gasteiger partial charge in [0.15, 0.2) is 0 Å². The summed E-state index contributed by atoms with van der Waals surface area (Å²) in [6.45, 7) is 2.86. The summed E-state index contributed by atoms with van der Waals surface area (Å²) in [6, 6.07) is 0. The molecule has 0 saturated carbocycles. The molecule has 0 spiro atoms. The second-order valence-corrected chi connectivity index (χ2v) is 5.30. The van der Waals surface area contributed by atoms with Crippen molar-refractivity contribution in [1.29, 1.82) is 0 Å². The summed E-state index contributed by atoms with van der Waals surface area (Å²) in [5.74, 6) is -0.0819. The molecule has 0 rings (SSSR count). The summed E-state index contributed by atoms with van der Waals surface area (Å²) in [7, 11) is 0. The molecule has 0 aromatic heterocycles. The minimum absolute atomic E-state index is 0. The van der Waals surface area contributed by atoms with Gasteiger partial charge in [-0.1, -0.05) is 87.3 Å². The van der Waals surface area contributed by atoms with E-state index < -0.39 is 0 Å². The predicted molar refractivity (Wildman–Crippen MR) is 82.8 cm³/mol. The number of esters is 1. The third kappa shape index (κ3) is 17.2. The molecule has 0 atom stereocenters. The second-order valence-electron chi connectivity index (χ2n) is 4.54. The maximum Gasteiger partial charge on any atom is 1.00 e. The van der Waals surface area contributed by atoms with Gasteiger partial charge in [-0.2, -0.15) is 0 Å². The third-order valence-corrected chi connectivity index (χ3v) is 3.49. The van der Waals surface area contributed by atoms with Crippen molar-refractivity contribution in [2.75, 3.05) is 11.0 Å². The van der Waals surface area contributed by atoms with Gasteiger partial charge in [0.25, 0.3) is 0 Å².